The maximum Gasteiger partial charge on any atom is 0.425 e. The fourth-order valence-electron chi connectivity index (χ4n) is 0.545. The quantitative estimate of drug-likeness (QED) is 0.496. The molecule has 0 atom stereocenters. The topological polar surface area (TPSA) is 12.0 Å². The van der Waals surface area contributed by atoms with Crippen LogP contribution in [-0.2, 0) is 0 Å². The summed E-state index contributed by atoms with van der Waals surface area (Å²) >= 11 is 0. The standard InChI is InChI=1S/C4H5F4N/c5-3(1-9-2-3)4(6,7)8/h9H,1-2H2. The molecule has 0 saturated carbocycles. The molecular weight excluding hydrogens is 138 g/mol. The molecule has 0 aromatic carbocycles. The number of nitrogens with one attached hydrogen (secondary N) is 1. The zero-order chi connectivity index (χ0) is 7.12. The van der Waals surface area contributed by atoms with Gasteiger partial charge in [0, 0.05) is 13.1 Å². The molecule has 0 bridgehead atoms. The summed E-state index contributed by atoms with van der Waals surface area (Å²) in [4.78, 5) is 0. The fraction of sp³-hybridized carbons (Fsp3) is 1.00. The lowest BCUT2D eigenvalue weighted by atomic mass is 9.99. The predicted octanol–water partition coefficient (Wildman–Crippen LogP) is 0.860. The van der Waals surface area contributed by atoms with Crippen molar-refractivity contribution in [3.05, 3.63) is 0 Å². The maximum absolute atomic E-state index is 12.2. The Balaban J connectivity index is 2.59. The smallest absolute Gasteiger partial charge is 0.310 e. The normalized spacial score (nSPS) is 25.3. The lowest BCUT2D eigenvalue weighted by molar-refractivity contribution is -0.244. The van der Waals surface area contributed by atoms with E-state index in [1.165, 1.54) is 0 Å². The number of rotatable bonds is 0. The van der Waals surface area contributed by atoms with E-state index in [1.807, 2.05) is 0 Å². The first-order valence-electron chi connectivity index (χ1n) is 2.42. The molecule has 9 heavy (non-hydrogen) atoms. The van der Waals surface area contributed by atoms with Gasteiger partial charge in [-0.3, -0.25) is 0 Å². The van der Waals surface area contributed by atoms with Gasteiger partial charge in [-0.25, -0.2) is 4.39 Å². The van der Waals surface area contributed by atoms with Gasteiger partial charge in [-0.2, -0.15) is 13.2 Å². The van der Waals surface area contributed by atoms with Gasteiger partial charge in [-0.05, 0) is 0 Å². The molecular formula is C4H5F4N. The lowest BCUT2D eigenvalue weighted by Crippen LogP contribution is -2.64. The van der Waals surface area contributed by atoms with Crippen LogP contribution in [0.15, 0.2) is 0 Å². The molecule has 1 heterocycles. The van der Waals surface area contributed by atoms with Crippen LogP contribution in [-0.4, -0.2) is 24.9 Å². The molecule has 0 unspecified atom stereocenters. The van der Waals surface area contributed by atoms with Crippen LogP contribution in [0.3, 0.4) is 0 Å². The Morgan fingerprint density at radius 1 is 1.22 bits per heavy atom. The first-order valence-corrected chi connectivity index (χ1v) is 2.42. The summed E-state index contributed by atoms with van der Waals surface area (Å²) in [6.07, 6.45) is -4.70. The summed E-state index contributed by atoms with van der Waals surface area (Å²) < 4.78 is 46.6. The highest BCUT2D eigenvalue weighted by Gasteiger charge is 2.59. The van der Waals surface area contributed by atoms with Crippen molar-refractivity contribution >= 4 is 0 Å². The minimum atomic E-state index is -4.70. The minimum Gasteiger partial charge on any atom is -0.310 e. The van der Waals surface area contributed by atoms with Crippen molar-refractivity contribution in [2.45, 2.75) is 11.8 Å². The average Bonchev–Trinajstić information content (AvgIpc) is 1.57. The van der Waals surface area contributed by atoms with Crippen molar-refractivity contribution in [3.63, 3.8) is 0 Å². The number of alkyl halides is 4. The largest absolute Gasteiger partial charge is 0.425 e. The summed E-state index contributed by atoms with van der Waals surface area (Å²) in [5.41, 5.74) is -2.95. The summed E-state index contributed by atoms with van der Waals surface area (Å²) in [6.45, 7) is -1.20. The molecule has 0 aromatic heterocycles. The number of hydrogen-bond donors (Lipinski definition) is 1. The first-order chi connectivity index (χ1) is 3.96. The van der Waals surface area contributed by atoms with Gasteiger partial charge < -0.3 is 5.32 Å². The molecule has 0 spiro atoms. The highest BCUT2D eigenvalue weighted by molar-refractivity contribution is 4.99. The van der Waals surface area contributed by atoms with Crippen LogP contribution >= 0.6 is 0 Å². The molecule has 5 heteroatoms. The van der Waals surface area contributed by atoms with E-state index in [1.54, 1.807) is 0 Å². The Bertz CT molecular complexity index is 114. The maximum atomic E-state index is 12.2. The minimum absolute atomic E-state index is 0.601. The van der Waals surface area contributed by atoms with Crippen LogP contribution < -0.4 is 5.32 Å². The molecule has 1 aliphatic heterocycles. The van der Waals surface area contributed by atoms with Crippen LogP contribution in [0, 0.1) is 0 Å². The van der Waals surface area contributed by atoms with Gasteiger partial charge >= 0.3 is 6.18 Å². The zero-order valence-corrected chi connectivity index (χ0v) is 4.43. The van der Waals surface area contributed by atoms with Gasteiger partial charge in [0.2, 0.25) is 5.67 Å². The molecule has 1 nitrogen and oxygen atoms in total. The summed E-state index contributed by atoms with van der Waals surface area (Å²) in [5.74, 6) is 0. The Morgan fingerprint density at radius 2 is 1.67 bits per heavy atom. The van der Waals surface area contributed by atoms with Crippen LogP contribution in [0.5, 0.6) is 0 Å². The van der Waals surface area contributed by atoms with E-state index in [4.69, 9.17) is 0 Å². The van der Waals surface area contributed by atoms with Crippen LogP contribution in [0.25, 0.3) is 0 Å². The van der Waals surface area contributed by atoms with Crippen LogP contribution in [0.1, 0.15) is 0 Å². The highest BCUT2D eigenvalue weighted by Crippen LogP contribution is 2.36. The van der Waals surface area contributed by atoms with Gasteiger partial charge in [0.1, 0.15) is 0 Å². The van der Waals surface area contributed by atoms with E-state index < -0.39 is 24.9 Å². The molecule has 1 rings (SSSR count). The zero-order valence-electron chi connectivity index (χ0n) is 4.43. The molecule has 1 aliphatic rings. The van der Waals surface area contributed by atoms with Crippen molar-refractivity contribution in [2.75, 3.05) is 13.1 Å². The van der Waals surface area contributed by atoms with E-state index in [9.17, 15) is 17.6 Å². The summed E-state index contributed by atoms with van der Waals surface area (Å²) in [6, 6.07) is 0. The predicted molar refractivity (Wildman–Crippen MR) is 22.8 cm³/mol. The number of halogens is 4. The molecule has 1 saturated heterocycles. The van der Waals surface area contributed by atoms with Gasteiger partial charge in [0.05, 0.1) is 0 Å². The van der Waals surface area contributed by atoms with Gasteiger partial charge in [-0.15, -0.1) is 0 Å². The molecule has 54 valence electrons. The van der Waals surface area contributed by atoms with Crippen molar-refractivity contribution in [2.24, 2.45) is 0 Å². The third kappa shape index (κ3) is 0.891. The third-order valence-electron chi connectivity index (χ3n) is 1.32. The van der Waals surface area contributed by atoms with Crippen molar-refractivity contribution < 1.29 is 17.6 Å². The average molecular weight is 143 g/mol. The Labute approximate surface area is 49.0 Å². The van der Waals surface area contributed by atoms with E-state index in [-0.39, 0.29) is 0 Å². The van der Waals surface area contributed by atoms with Crippen molar-refractivity contribution in [1.29, 1.82) is 0 Å². The van der Waals surface area contributed by atoms with Gasteiger partial charge in [0.25, 0.3) is 0 Å². The van der Waals surface area contributed by atoms with Gasteiger partial charge in [0.15, 0.2) is 0 Å². The highest BCUT2D eigenvalue weighted by atomic mass is 19.4. The van der Waals surface area contributed by atoms with E-state index in [0.29, 0.717) is 0 Å². The second-order valence-corrected chi connectivity index (χ2v) is 2.07. The number of hydrogen-bond acceptors (Lipinski definition) is 1. The monoisotopic (exact) mass is 143 g/mol. The van der Waals surface area contributed by atoms with E-state index in [2.05, 4.69) is 5.32 Å². The first kappa shape index (κ1) is 6.80. The van der Waals surface area contributed by atoms with Crippen molar-refractivity contribution in [3.8, 4) is 0 Å². The second kappa shape index (κ2) is 1.59. The SMILES string of the molecule is FC(F)(F)C1(F)CNC1. The Morgan fingerprint density at radius 3 is 1.67 bits per heavy atom. The molecule has 0 radical (unpaired) electrons. The molecule has 1 N–H and O–H groups in total. The van der Waals surface area contributed by atoms with E-state index in [0.717, 1.165) is 0 Å². The Kier molecular flexibility index (Phi) is 1.20. The second-order valence-electron chi connectivity index (χ2n) is 2.07. The lowest BCUT2D eigenvalue weighted by Gasteiger charge is -2.36. The van der Waals surface area contributed by atoms with Crippen LogP contribution in [0.4, 0.5) is 17.6 Å². The molecule has 0 amide bonds. The van der Waals surface area contributed by atoms with Gasteiger partial charge in [-0.1, -0.05) is 0 Å². The molecule has 0 aliphatic carbocycles. The van der Waals surface area contributed by atoms with Crippen molar-refractivity contribution in [1.82, 2.24) is 5.32 Å². The summed E-state index contributed by atoms with van der Waals surface area (Å²) in [5, 5.41) is 2.21. The van der Waals surface area contributed by atoms with Crippen LogP contribution in [0.2, 0.25) is 0 Å². The molecule has 1 fully saturated rings. The fourth-order valence-corrected chi connectivity index (χ4v) is 0.545. The molecule has 0 aromatic rings. The summed E-state index contributed by atoms with van der Waals surface area (Å²) in [7, 11) is 0. The third-order valence-corrected chi connectivity index (χ3v) is 1.32. The Hall–Kier alpha value is -0.320. The van der Waals surface area contributed by atoms with E-state index >= 15 is 0 Å².